The van der Waals surface area contributed by atoms with Gasteiger partial charge in [0, 0.05) is 29.8 Å². The molecule has 1 aliphatic rings. The minimum absolute atomic E-state index is 0.0519. The van der Waals surface area contributed by atoms with Crippen molar-refractivity contribution in [1.82, 2.24) is 25.5 Å². The van der Waals surface area contributed by atoms with E-state index < -0.39 is 0 Å². The van der Waals surface area contributed by atoms with E-state index in [0.717, 1.165) is 35.2 Å². The van der Waals surface area contributed by atoms with Crippen molar-refractivity contribution in [2.45, 2.75) is 12.8 Å². The minimum Gasteiger partial charge on any atom is -0.371 e. The summed E-state index contributed by atoms with van der Waals surface area (Å²) in [5.41, 5.74) is 3.06. The molecule has 0 aliphatic carbocycles. The first-order valence-electron chi connectivity index (χ1n) is 9.27. The molecular formula is C20H21BrN6O. The molecule has 2 heterocycles. The first kappa shape index (κ1) is 18.6. The number of hydrogen-bond donors (Lipinski definition) is 1. The molecule has 1 atom stereocenters. The molecule has 1 N–H and O–H groups in total. The third-order valence-corrected chi connectivity index (χ3v) is 5.45. The van der Waals surface area contributed by atoms with Crippen molar-refractivity contribution in [1.29, 1.82) is 0 Å². The van der Waals surface area contributed by atoms with Gasteiger partial charge in [0.1, 0.15) is 6.33 Å². The predicted octanol–water partition coefficient (Wildman–Crippen LogP) is 2.61. The summed E-state index contributed by atoms with van der Waals surface area (Å²) < 4.78 is 2.67. The Morgan fingerprint density at radius 3 is 2.79 bits per heavy atom. The van der Waals surface area contributed by atoms with E-state index in [9.17, 15) is 4.79 Å². The molecule has 2 aromatic carbocycles. The van der Waals surface area contributed by atoms with Crippen molar-refractivity contribution in [3.8, 4) is 5.69 Å². The predicted molar refractivity (Wildman–Crippen MR) is 110 cm³/mol. The van der Waals surface area contributed by atoms with E-state index in [1.165, 1.54) is 5.69 Å². The fourth-order valence-electron chi connectivity index (χ4n) is 3.46. The monoisotopic (exact) mass is 440 g/mol. The lowest BCUT2D eigenvalue weighted by Gasteiger charge is -2.19. The molecule has 1 aromatic heterocycles. The lowest BCUT2D eigenvalue weighted by molar-refractivity contribution is -0.120. The standard InChI is InChI=1S/C20H21BrN6O/c21-17-2-1-3-19(11-17)26-9-8-16(13-26)12-22-20(28)10-15-4-6-18(7-5-15)27-14-23-24-25-27/h1-7,11,14,16H,8-10,12-13H2,(H,22,28). The lowest BCUT2D eigenvalue weighted by Crippen LogP contribution is -2.32. The molecule has 28 heavy (non-hydrogen) atoms. The van der Waals surface area contributed by atoms with E-state index >= 15 is 0 Å². The highest BCUT2D eigenvalue weighted by Gasteiger charge is 2.23. The number of amides is 1. The smallest absolute Gasteiger partial charge is 0.224 e. The highest BCUT2D eigenvalue weighted by Crippen LogP contribution is 2.25. The van der Waals surface area contributed by atoms with Gasteiger partial charge in [-0.25, -0.2) is 4.68 Å². The normalized spacial score (nSPS) is 16.3. The fourth-order valence-corrected chi connectivity index (χ4v) is 3.85. The number of anilines is 1. The average molecular weight is 441 g/mol. The Bertz CT molecular complexity index is 928. The van der Waals surface area contributed by atoms with E-state index in [0.29, 0.717) is 18.9 Å². The maximum atomic E-state index is 12.3. The summed E-state index contributed by atoms with van der Waals surface area (Å²) in [5.74, 6) is 0.529. The number of benzene rings is 2. The molecule has 144 valence electrons. The number of tetrazole rings is 1. The average Bonchev–Trinajstić information content (AvgIpc) is 3.39. The number of aromatic nitrogens is 4. The molecule has 1 amide bonds. The van der Waals surface area contributed by atoms with Crippen molar-refractivity contribution in [2.75, 3.05) is 24.5 Å². The van der Waals surface area contributed by atoms with Crippen LogP contribution in [0.2, 0.25) is 0 Å². The highest BCUT2D eigenvalue weighted by atomic mass is 79.9. The van der Waals surface area contributed by atoms with Crippen LogP contribution in [0.3, 0.4) is 0 Å². The zero-order chi connectivity index (χ0) is 19.3. The van der Waals surface area contributed by atoms with Crippen LogP contribution in [0.15, 0.2) is 59.3 Å². The summed E-state index contributed by atoms with van der Waals surface area (Å²) in [5, 5.41) is 14.2. The van der Waals surface area contributed by atoms with Crippen molar-refractivity contribution < 1.29 is 4.79 Å². The second kappa shape index (κ2) is 8.52. The molecule has 8 heteroatoms. The van der Waals surface area contributed by atoms with Crippen molar-refractivity contribution in [3.05, 3.63) is 64.9 Å². The number of rotatable bonds is 6. The van der Waals surface area contributed by atoms with Gasteiger partial charge in [0.2, 0.25) is 5.91 Å². The van der Waals surface area contributed by atoms with Crippen molar-refractivity contribution in [3.63, 3.8) is 0 Å². The van der Waals surface area contributed by atoms with Gasteiger partial charge in [0.05, 0.1) is 12.1 Å². The maximum Gasteiger partial charge on any atom is 0.224 e. The topological polar surface area (TPSA) is 75.9 Å². The van der Waals surface area contributed by atoms with Crippen molar-refractivity contribution in [2.24, 2.45) is 5.92 Å². The van der Waals surface area contributed by atoms with Crippen LogP contribution < -0.4 is 10.2 Å². The summed E-state index contributed by atoms with van der Waals surface area (Å²) in [7, 11) is 0. The van der Waals surface area contributed by atoms with Gasteiger partial charge in [-0.15, -0.1) is 5.10 Å². The van der Waals surface area contributed by atoms with E-state index in [1.807, 2.05) is 30.3 Å². The van der Waals surface area contributed by atoms with Crippen LogP contribution in [0.25, 0.3) is 5.69 Å². The first-order chi connectivity index (χ1) is 13.7. The minimum atomic E-state index is 0.0519. The maximum absolute atomic E-state index is 12.3. The number of nitrogens with zero attached hydrogens (tertiary/aromatic N) is 5. The van der Waals surface area contributed by atoms with Gasteiger partial charge in [-0.05, 0) is 58.7 Å². The molecule has 0 radical (unpaired) electrons. The summed E-state index contributed by atoms with van der Waals surface area (Å²) in [6.07, 6.45) is 3.01. The number of nitrogens with one attached hydrogen (secondary N) is 1. The largest absolute Gasteiger partial charge is 0.371 e. The molecule has 1 aliphatic heterocycles. The first-order valence-corrected chi connectivity index (χ1v) is 10.1. The fraction of sp³-hybridized carbons (Fsp3) is 0.300. The van der Waals surface area contributed by atoms with Crippen LogP contribution in [0.5, 0.6) is 0 Å². The lowest BCUT2D eigenvalue weighted by atomic mass is 10.1. The Morgan fingerprint density at radius 2 is 2.04 bits per heavy atom. The Hall–Kier alpha value is -2.74. The third kappa shape index (κ3) is 4.56. The molecular weight excluding hydrogens is 420 g/mol. The SMILES string of the molecule is O=C(Cc1ccc(-n2cnnn2)cc1)NCC1CCN(c2cccc(Br)c2)C1. The van der Waals surface area contributed by atoms with Crippen LogP contribution >= 0.6 is 15.9 Å². The van der Waals surface area contributed by atoms with Crippen molar-refractivity contribution >= 4 is 27.5 Å². The molecule has 1 fully saturated rings. The third-order valence-electron chi connectivity index (χ3n) is 4.96. The molecule has 0 spiro atoms. The highest BCUT2D eigenvalue weighted by molar-refractivity contribution is 9.10. The quantitative estimate of drug-likeness (QED) is 0.637. The summed E-state index contributed by atoms with van der Waals surface area (Å²) >= 11 is 3.53. The molecule has 7 nitrogen and oxygen atoms in total. The van der Waals surface area contributed by atoms with Gasteiger partial charge in [-0.3, -0.25) is 4.79 Å². The van der Waals surface area contributed by atoms with E-state index in [-0.39, 0.29) is 5.91 Å². The Morgan fingerprint density at radius 1 is 1.18 bits per heavy atom. The van der Waals surface area contributed by atoms with E-state index in [2.05, 4.69) is 59.9 Å². The molecule has 0 saturated carbocycles. The van der Waals surface area contributed by atoms with Gasteiger partial charge in [0.15, 0.2) is 0 Å². The van der Waals surface area contributed by atoms with Gasteiger partial charge < -0.3 is 10.2 Å². The zero-order valence-corrected chi connectivity index (χ0v) is 16.9. The Labute approximate surface area is 171 Å². The molecule has 1 unspecified atom stereocenters. The number of hydrogen-bond acceptors (Lipinski definition) is 5. The molecule has 3 aromatic rings. The van der Waals surface area contributed by atoms with E-state index in [4.69, 9.17) is 0 Å². The Balaban J connectivity index is 1.25. The number of halogens is 1. The van der Waals surface area contributed by atoms with Crippen LogP contribution in [-0.2, 0) is 11.2 Å². The van der Waals surface area contributed by atoms with Gasteiger partial charge in [-0.2, -0.15) is 0 Å². The van der Waals surface area contributed by atoms with Crippen LogP contribution in [0, 0.1) is 5.92 Å². The van der Waals surface area contributed by atoms with Crippen LogP contribution in [-0.4, -0.2) is 45.7 Å². The number of carbonyl (C=O) groups is 1. The molecule has 1 saturated heterocycles. The number of carbonyl (C=O) groups excluding carboxylic acids is 1. The van der Waals surface area contributed by atoms with Crippen LogP contribution in [0.4, 0.5) is 5.69 Å². The summed E-state index contributed by atoms with van der Waals surface area (Å²) in [4.78, 5) is 14.7. The molecule has 0 bridgehead atoms. The summed E-state index contributed by atoms with van der Waals surface area (Å²) in [6, 6.07) is 16.0. The second-order valence-corrected chi connectivity index (χ2v) is 7.90. The van der Waals surface area contributed by atoms with Crippen LogP contribution in [0.1, 0.15) is 12.0 Å². The van der Waals surface area contributed by atoms with Gasteiger partial charge in [-0.1, -0.05) is 34.1 Å². The summed E-state index contributed by atoms with van der Waals surface area (Å²) in [6.45, 7) is 2.71. The second-order valence-electron chi connectivity index (χ2n) is 6.98. The van der Waals surface area contributed by atoms with Gasteiger partial charge >= 0.3 is 0 Å². The molecule has 4 rings (SSSR count). The zero-order valence-electron chi connectivity index (χ0n) is 15.3. The van der Waals surface area contributed by atoms with E-state index in [1.54, 1.807) is 11.0 Å². The van der Waals surface area contributed by atoms with Gasteiger partial charge in [0.25, 0.3) is 0 Å². The Kier molecular flexibility index (Phi) is 5.66.